The Balaban J connectivity index is 1.86. The molecule has 0 spiro atoms. The first-order valence-corrected chi connectivity index (χ1v) is 9.43. The summed E-state index contributed by atoms with van der Waals surface area (Å²) in [5.74, 6) is -1.43. The van der Waals surface area contributed by atoms with Crippen LogP contribution in [0.15, 0.2) is 18.2 Å². The summed E-state index contributed by atoms with van der Waals surface area (Å²) in [6, 6.07) is 5.38. The number of carbonyl (C=O) groups is 3. The van der Waals surface area contributed by atoms with Crippen molar-refractivity contribution in [3.8, 4) is 0 Å². The molecule has 1 aliphatic carbocycles. The van der Waals surface area contributed by atoms with Gasteiger partial charge in [-0.2, -0.15) is 0 Å². The van der Waals surface area contributed by atoms with E-state index >= 15 is 0 Å². The van der Waals surface area contributed by atoms with Gasteiger partial charge in [0.15, 0.2) is 0 Å². The molecule has 0 heterocycles. The molecule has 0 aromatic heterocycles. The standard InChI is InChI=1S/C20H29N3O4/c1-4-16(20(26)27)21-18(24)9-10-23(15-7-8-15)12-19(25)22-17-11-13(2)5-6-14(17)3/h5-6,11,15-16H,4,7-10,12H2,1-3H3,(H,21,24)(H,22,25)(H,26,27). The Hall–Kier alpha value is -2.41. The topological polar surface area (TPSA) is 98.7 Å². The smallest absolute Gasteiger partial charge is 0.326 e. The molecule has 1 aromatic rings. The largest absolute Gasteiger partial charge is 0.480 e. The second-order valence-electron chi connectivity index (χ2n) is 7.18. The summed E-state index contributed by atoms with van der Waals surface area (Å²) in [4.78, 5) is 37.5. The summed E-state index contributed by atoms with van der Waals surface area (Å²) in [5, 5.41) is 14.5. The number of hydrogen-bond donors (Lipinski definition) is 3. The van der Waals surface area contributed by atoms with Crippen molar-refractivity contribution >= 4 is 23.5 Å². The lowest BCUT2D eigenvalue weighted by Gasteiger charge is -2.22. The van der Waals surface area contributed by atoms with Gasteiger partial charge in [-0.05, 0) is 50.3 Å². The molecule has 0 saturated heterocycles. The van der Waals surface area contributed by atoms with Crippen LogP contribution < -0.4 is 10.6 Å². The van der Waals surface area contributed by atoms with Crippen molar-refractivity contribution < 1.29 is 19.5 Å². The number of carboxylic acids is 1. The maximum atomic E-state index is 12.4. The number of anilines is 1. The molecule has 0 aliphatic heterocycles. The fourth-order valence-electron chi connectivity index (χ4n) is 2.93. The highest BCUT2D eigenvalue weighted by Gasteiger charge is 2.30. The number of aliphatic carboxylic acids is 1. The van der Waals surface area contributed by atoms with E-state index in [9.17, 15) is 14.4 Å². The minimum absolute atomic E-state index is 0.104. The van der Waals surface area contributed by atoms with Gasteiger partial charge in [0.05, 0.1) is 6.54 Å². The van der Waals surface area contributed by atoms with E-state index in [-0.39, 0.29) is 24.8 Å². The molecule has 1 unspecified atom stereocenters. The molecule has 7 nitrogen and oxygen atoms in total. The first-order valence-electron chi connectivity index (χ1n) is 9.43. The first-order chi connectivity index (χ1) is 12.8. The van der Waals surface area contributed by atoms with Crippen LogP contribution in [0, 0.1) is 13.8 Å². The number of benzene rings is 1. The molecule has 1 aromatic carbocycles. The Bertz CT molecular complexity index is 700. The highest BCUT2D eigenvalue weighted by molar-refractivity contribution is 5.93. The third kappa shape index (κ3) is 6.67. The van der Waals surface area contributed by atoms with Crippen LogP contribution in [0.3, 0.4) is 0 Å². The lowest BCUT2D eigenvalue weighted by Crippen LogP contribution is -2.42. The average Bonchev–Trinajstić information content (AvgIpc) is 3.44. The zero-order valence-corrected chi connectivity index (χ0v) is 16.2. The maximum Gasteiger partial charge on any atom is 0.326 e. The molecule has 1 saturated carbocycles. The minimum atomic E-state index is -1.03. The lowest BCUT2D eigenvalue weighted by molar-refractivity contribution is -0.141. The zero-order valence-electron chi connectivity index (χ0n) is 16.2. The summed E-state index contributed by atoms with van der Waals surface area (Å²) in [6.07, 6.45) is 2.55. The molecule has 1 aliphatic rings. The van der Waals surface area contributed by atoms with E-state index in [1.165, 1.54) is 0 Å². The molecule has 7 heteroatoms. The van der Waals surface area contributed by atoms with Gasteiger partial charge in [0, 0.05) is 24.7 Å². The van der Waals surface area contributed by atoms with E-state index in [0.717, 1.165) is 29.7 Å². The fraction of sp³-hybridized carbons (Fsp3) is 0.550. The molecule has 0 radical (unpaired) electrons. The van der Waals surface area contributed by atoms with Gasteiger partial charge >= 0.3 is 5.97 Å². The van der Waals surface area contributed by atoms with Gasteiger partial charge in [-0.15, -0.1) is 0 Å². The first kappa shape index (κ1) is 20.9. The molecule has 0 bridgehead atoms. The van der Waals surface area contributed by atoms with Crippen LogP contribution in [0.5, 0.6) is 0 Å². The molecule has 2 amide bonds. The zero-order chi connectivity index (χ0) is 20.0. The molecule has 27 heavy (non-hydrogen) atoms. The number of nitrogens with zero attached hydrogens (tertiary/aromatic N) is 1. The van der Waals surface area contributed by atoms with E-state index in [1.807, 2.05) is 36.9 Å². The number of carboxylic acid groups (broad SMARTS) is 1. The second kappa shape index (κ2) is 9.50. The third-order valence-corrected chi connectivity index (χ3v) is 4.74. The number of hydrogen-bond acceptors (Lipinski definition) is 4. The Labute approximate surface area is 160 Å². The van der Waals surface area contributed by atoms with Crippen molar-refractivity contribution in [2.24, 2.45) is 0 Å². The second-order valence-corrected chi connectivity index (χ2v) is 7.18. The number of rotatable bonds is 10. The van der Waals surface area contributed by atoms with Crippen molar-refractivity contribution in [1.82, 2.24) is 10.2 Å². The van der Waals surface area contributed by atoms with Crippen molar-refractivity contribution in [1.29, 1.82) is 0 Å². The Kier molecular flexibility index (Phi) is 7.36. The van der Waals surface area contributed by atoms with Gasteiger partial charge in [-0.3, -0.25) is 14.5 Å². The quantitative estimate of drug-likeness (QED) is 0.581. The summed E-state index contributed by atoms with van der Waals surface area (Å²) in [5.41, 5.74) is 2.89. The summed E-state index contributed by atoms with van der Waals surface area (Å²) >= 11 is 0. The summed E-state index contributed by atoms with van der Waals surface area (Å²) in [6.45, 7) is 6.30. The molecular weight excluding hydrogens is 346 g/mol. The van der Waals surface area contributed by atoms with Gasteiger partial charge in [-0.25, -0.2) is 4.79 Å². The normalized spacial score (nSPS) is 14.7. The minimum Gasteiger partial charge on any atom is -0.480 e. The molecule has 1 atom stereocenters. The molecule has 3 N–H and O–H groups in total. The maximum absolute atomic E-state index is 12.4. The van der Waals surface area contributed by atoms with Crippen molar-refractivity contribution in [2.45, 2.75) is 58.5 Å². The number of amides is 2. The van der Waals surface area contributed by atoms with Gasteiger partial charge in [0.1, 0.15) is 6.04 Å². The Morgan fingerprint density at radius 1 is 1.22 bits per heavy atom. The van der Waals surface area contributed by atoms with Crippen molar-refractivity contribution in [3.63, 3.8) is 0 Å². The molecule has 148 valence electrons. The van der Waals surface area contributed by atoms with Gasteiger partial charge in [0.25, 0.3) is 0 Å². The highest BCUT2D eigenvalue weighted by Crippen LogP contribution is 2.27. The van der Waals surface area contributed by atoms with Crippen LogP contribution in [-0.4, -0.2) is 53.0 Å². The Morgan fingerprint density at radius 3 is 2.52 bits per heavy atom. The van der Waals surface area contributed by atoms with Crippen LogP contribution in [0.2, 0.25) is 0 Å². The van der Waals surface area contributed by atoms with Crippen LogP contribution in [0.1, 0.15) is 43.7 Å². The number of aryl methyl sites for hydroxylation is 2. The monoisotopic (exact) mass is 375 g/mol. The molecule has 1 fully saturated rings. The SMILES string of the molecule is CCC(NC(=O)CCN(CC(=O)Nc1cc(C)ccc1C)C1CC1)C(=O)O. The van der Waals surface area contributed by atoms with Crippen LogP contribution in [0.25, 0.3) is 0 Å². The Morgan fingerprint density at radius 2 is 1.93 bits per heavy atom. The van der Waals surface area contributed by atoms with Crippen LogP contribution >= 0.6 is 0 Å². The van der Waals surface area contributed by atoms with Gasteiger partial charge < -0.3 is 15.7 Å². The predicted molar refractivity (Wildman–Crippen MR) is 104 cm³/mol. The van der Waals surface area contributed by atoms with E-state index in [1.54, 1.807) is 6.92 Å². The molecule has 2 rings (SSSR count). The summed E-state index contributed by atoms with van der Waals surface area (Å²) in [7, 11) is 0. The van der Waals surface area contributed by atoms with Crippen molar-refractivity contribution in [3.05, 3.63) is 29.3 Å². The predicted octanol–water partition coefficient (Wildman–Crippen LogP) is 2.08. The summed E-state index contributed by atoms with van der Waals surface area (Å²) < 4.78 is 0. The van der Waals surface area contributed by atoms with Crippen molar-refractivity contribution in [2.75, 3.05) is 18.4 Å². The fourth-order valence-corrected chi connectivity index (χ4v) is 2.93. The van der Waals surface area contributed by atoms with Crippen LogP contribution in [0.4, 0.5) is 5.69 Å². The van der Waals surface area contributed by atoms with Gasteiger partial charge in [-0.1, -0.05) is 19.1 Å². The van der Waals surface area contributed by atoms with E-state index in [4.69, 9.17) is 5.11 Å². The number of carbonyl (C=O) groups excluding carboxylic acids is 2. The third-order valence-electron chi connectivity index (χ3n) is 4.74. The van der Waals surface area contributed by atoms with E-state index in [2.05, 4.69) is 10.6 Å². The van der Waals surface area contributed by atoms with Gasteiger partial charge in [0.2, 0.25) is 11.8 Å². The van der Waals surface area contributed by atoms with E-state index in [0.29, 0.717) is 19.0 Å². The highest BCUT2D eigenvalue weighted by atomic mass is 16.4. The number of nitrogens with one attached hydrogen (secondary N) is 2. The molecular formula is C20H29N3O4. The van der Waals surface area contributed by atoms with E-state index < -0.39 is 12.0 Å². The lowest BCUT2D eigenvalue weighted by atomic mass is 10.1. The van der Waals surface area contributed by atoms with Crippen LogP contribution in [-0.2, 0) is 14.4 Å². The average molecular weight is 375 g/mol.